The van der Waals surface area contributed by atoms with Crippen molar-refractivity contribution in [3.63, 3.8) is 0 Å². The van der Waals surface area contributed by atoms with Gasteiger partial charge >= 0.3 is 7.12 Å². The van der Waals surface area contributed by atoms with Crippen LogP contribution in [0.2, 0.25) is 0 Å². The molecule has 0 N–H and O–H groups in total. The molecule has 1 saturated heterocycles. The molecule has 14 aromatic carbocycles. The van der Waals surface area contributed by atoms with Crippen LogP contribution in [0, 0.1) is 0 Å². The van der Waals surface area contributed by atoms with Crippen LogP contribution in [-0.2, 0) is 22.2 Å². The average Bonchev–Trinajstić information content (AvgIpc) is 1.61. The first-order valence-electron chi connectivity index (χ1n) is 33.8. The molecule has 0 spiro atoms. The van der Waals surface area contributed by atoms with Crippen molar-refractivity contribution in [1.82, 2.24) is 9.13 Å². The van der Waals surface area contributed by atoms with E-state index in [0.717, 1.165) is 22.8 Å². The van der Waals surface area contributed by atoms with E-state index < -0.39 is 0 Å². The first kappa shape index (κ1) is 63.2. The number of benzene rings is 14. The van der Waals surface area contributed by atoms with Crippen LogP contribution < -0.4 is 5.46 Å². The van der Waals surface area contributed by atoms with E-state index in [9.17, 15) is 0 Å². The van der Waals surface area contributed by atoms with E-state index in [1.54, 1.807) is 0 Å². The molecule has 0 saturated carbocycles. The van der Waals surface area contributed by atoms with Gasteiger partial charge in [-0.1, -0.05) is 307 Å². The van der Waals surface area contributed by atoms with Gasteiger partial charge in [0.15, 0.2) is 0 Å². The summed E-state index contributed by atoms with van der Waals surface area (Å²) in [5.41, 5.74) is 25.4. The van der Waals surface area contributed by atoms with Gasteiger partial charge in [0.25, 0.3) is 0 Å². The van der Waals surface area contributed by atoms with Gasteiger partial charge in [-0.05, 0) is 185 Å². The number of fused-ring (bicyclic) bond motifs is 6. The minimum Gasteiger partial charge on any atom is -0.399 e. The molecule has 2 aromatic heterocycles. The standard InChI is InChI=1S/C43H31N.C25H27BO2.C24H16BrN/c1-2-8-33(9-3-1)34-18-14-31(15-19-34)30-32-16-20-35(21-17-32)36-22-24-37(25-23-36)38-26-28-39(29-27-38)44-42-12-6-4-10-40(42)41-11-5-7-13-43(41)44;1-24(2)25(3,4)28-26(27-24)23-16-12-20(13-17-23)18-19-10-14-22(15-11-19)21-8-6-5-7-9-21;25-19-13-9-17(10-14-19)18-11-15-20(16-12-18)26-23-7-3-1-5-21(23)22-6-2-4-8-24(22)26/h1-29H,30H2;5-17H,18H2,1-4H3;1-16H. The predicted octanol–water partition coefficient (Wildman–Crippen LogP) is 23.8. The SMILES string of the molecule is Brc1ccc(-c2ccc(-n3c4ccccc4c4ccccc43)cc2)cc1.CC1(C)OB(c2ccc(Cc3ccc(-c4ccccc4)cc3)cc2)OC1(C)C.c1ccc(-c2ccc(Cc3ccc(-c4ccc(-c5ccc(-n6c7ccccc7c7ccccc76)cc5)cc4)cc3)cc2)cc1. The highest BCUT2D eigenvalue weighted by Gasteiger charge is 2.51. The zero-order valence-electron chi connectivity index (χ0n) is 55.6. The van der Waals surface area contributed by atoms with Gasteiger partial charge in [-0.2, -0.15) is 0 Å². The third-order valence-electron chi connectivity index (χ3n) is 19.5. The Morgan fingerprint density at radius 1 is 0.255 bits per heavy atom. The number of hydrogen-bond donors (Lipinski definition) is 0. The summed E-state index contributed by atoms with van der Waals surface area (Å²) in [7, 11) is -0.302. The van der Waals surface area contributed by atoms with Gasteiger partial charge in [0, 0.05) is 37.4 Å². The lowest BCUT2D eigenvalue weighted by molar-refractivity contribution is 0.00578. The maximum absolute atomic E-state index is 6.14. The van der Waals surface area contributed by atoms with Crippen LogP contribution in [0.5, 0.6) is 0 Å². The summed E-state index contributed by atoms with van der Waals surface area (Å²) in [6.07, 6.45) is 1.84. The van der Waals surface area contributed by atoms with Gasteiger partial charge in [-0.3, -0.25) is 0 Å². The Hall–Kier alpha value is -10.9. The number of halogens is 1. The lowest BCUT2D eigenvalue weighted by Crippen LogP contribution is -2.41. The highest BCUT2D eigenvalue weighted by Crippen LogP contribution is 2.38. The van der Waals surface area contributed by atoms with Crippen LogP contribution in [-0.4, -0.2) is 27.5 Å². The maximum Gasteiger partial charge on any atom is 0.494 e. The van der Waals surface area contributed by atoms with Crippen LogP contribution in [0.1, 0.15) is 49.9 Å². The van der Waals surface area contributed by atoms with E-state index in [1.807, 2.05) is 6.07 Å². The molecule has 474 valence electrons. The Morgan fingerprint density at radius 2 is 0.480 bits per heavy atom. The van der Waals surface area contributed by atoms with Crippen molar-refractivity contribution >= 4 is 72.1 Å². The molecule has 6 heteroatoms. The summed E-state index contributed by atoms with van der Waals surface area (Å²) in [5, 5.41) is 5.15. The topological polar surface area (TPSA) is 28.3 Å². The maximum atomic E-state index is 6.14. The van der Waals surface area contributed by atoms with E-state index in [1.165, 1.54) is 133 Å². The van der Waals surface area contributed by atoms with Crippen molar-refractivity contribution in [2.75, 3.05) is 0 Å². The lowest BCUT2D eigenvalue weighted by Gasteiger charge is -2.32. The molecule has 16 aromatic rings. The third-order valence-corrected chi connectivity index (χ3v) is 20.1. The zero-order chi connectivity index (χ0) is 66.6. The molecule has 0 unspecified atom stereocenters. The summed E-state index contributed by atoms with van der Waals surface area (Å²) in [5.74, 6) is 0. The second-order valence-electron chi connectivity index (χ2n) is 26.4. The van der Waals surface area contributed by atoms with Gasteiger partial charge in [0.1, 0.15) is 0 Å². The number of rotatable bonds is 12. The minimum atomic E-state index is -0.309. The molecule has 17 rings (SSSR count). The van der Waals surface area contributed by atoms with Crippen LogP contribution in [0.15, 0.2) is 356 Å². The molecule has 3 heterocycles. The Labute approximate surface area is 584 Å². The molecule has 0 radical (unpaired) electrons. The Morgan fingerprint density at radius 3 is 0.776 bits per heavy atom. The number of nitrogens with zero attached hydrogens (tertiary/aromatic N) is 2. The van der Waals surface area contributed by atoms with Crippen LogP contribution in [0.4, 0.5) is 0 Å². The summed E-state index contributed by atoms with van der Waals surface area (Å²) < 4.78 is 18.1. The highest BCUT2D eigenvalue weighted by molar-refractivity contribution is 9.10. The Kier molecular flexibility index (Phi) is 17.9. The molecule has 0 atom stereocenters. The van der Waals surface area contributed by atoms with E-state index in [0.29, 0.717) is 0 Å². The zero-order valence-corrected chi connectivity index (χ0v) is 57.2. The molecule has 1 aliphatic heterocycles. The van der Waals surface area contributed by atoms with Gasteiger partial charge in [-0.25, -0.2) is 0 Å². The summed E-state index contributed by atoms with van der Waals surface area (Å²) in [6, 6.07) is 126. The first-order valence-corrected chi connectivity index (χ1v) is 34.6. The van der Waals surface area contributed by atoms with Crippen molar-refractivity contribution in [3.05, 3.63) is 379 Å². The van der Waals surface area contributed by atoms with Gasteiger partial charge < -0.3 is 18.4 Å². The minimum absolute atomic E-state index is 0.302. The fourth-order valence-electron chi connectivity index (χ4n) is 13.5. The normalized spacial score (nSPS) is 13.1. The van der Waals surface area contributed by atoms with Gasteiger partial charge in [0.05, 0.1) is 33.3 Å². The average molecular weight is 1330 g/mol. The second kappa shape index (κ2) is 27.7. The van der Waals surface area contributed by atoms with E-state index in [2.05, 4.69) is 399 Å². The molecule has 1 aliphatic rings. The summed E-state index contributed by atoms with van der Waals surface area (Å²) in [4.78, 5) is 0. The molecular weight excluding hydrogens is 1260 g/mol. The molecule has 0 bridgehead atoms. The molecule has 0 amide bonds. The smallest absolute Gasteiger partial charge is 0.399 e. The second-order valence-corrected chi connectivity index (χ2v) is 27.3. The van der Waals surface area contributed by atoms with Crippen LogP contribution in [0.3, 0.4) is 0 Å². The quantitative estimate of drug-likeness (QED) is 0.114. The Balaban J connectivity index is 0.000000126. The first-order chi connectivity index (χ1) is 47.9. The molecule has 4 nitrogen and oxygen atoms in total. The van der Waals surface area contributed by atoms with Crippen LogP contribution in [0.25, 0.3) is 111 Å². The number of hydrogen-bond acceptors (Lipinski definition) is 2. The van der Waals surface area contributed by atoms with Crippen molar-refractivity contribution in [2.45, 2.75) is 51.7 Å². The van der Waals surface area contributed by atoms with E-state index in [-0.39, 0.29) is 18.3 Å². The fourth-order valence-corrected chi connectivity index (χ4v) is 13.7. The van der Waals surface area contributed by atoms with E-state index in [4.69, 9.17) is 9.31 Å². The summed E-state index contributed by atoms with van der Waals surface area (Å²) >= 11 is 3.50. The van der Waals surface area contributed by atoms with Gasteiger partial charge in [0.2, 0.25) is 0 Å². The van der Waals surface area contributed by atoms with E-state index >= 15 is 0 Å². The summed E-state index contributed by atoms with van der Waals surface area (Å²) in [6.45, 7) is 8.34. The molecule has 1 fully saturated rings. The molecular formula is C92H74BBrN2O2. The number of para-hydroxylation sites is 4. The van der Waals surface area contributed by atoms with Crippen molar-refractivity contribution in [3.8, 4) is 67.0 Å². The lowest BCUT2D eigenvalue weighted by atomic mass is 9.78. The fraction of sp³-hybridized carbons (Fsp3) is 0.0870. The molecule has 0 aliphatic carbocycles. The predicted molar refractivity (Wildman–Crippen MR) is 417 cm³/mol. The van der Waals surface area contributed by atoms with Crippen LogP contribution >= 0.6 is 15.9 Å². The van der Waals surface area contributed by atoms with Crippen molar-refractivity contribution in [1.29, 1.82) is 0 Å². The number of aromatic nitrogens is 2. The highest BCUT2D eigenvalue weighted by atomic mass is 79.9. The van der Waals surface area contributed by atoms with Gasteiger partial charge in [-0.15, -0.1) is 0 Å². The third kappa shape index (κ3) is 13.4. The van der Waals surface area contributed by atoms with Crippen molar-refractivity contribution < 1.29 is 9.31 Å². The largest absolute Gasteiger partial charge is 0.494 e. The van der Waals surface area contributed by atoms with Crippen molar-refractivity contribution in [2.24, 2.45) is 0 Å². The monoisotopic (exact) mass is 1330 g/mol. The Bertz CT molecular complexity index is 5250. The molecule has 98 heavy (non-hydrogen) atoms.